The maximum Gasteiger partial charge on any atom is 0.243 e. The molecule has 0 bridgehead atoms. The van der Waals surface area contributed by atoms with Crippen LogP contribution in [-0.2, 0) is 23.0 Å². The van der Waals surface area contributed by atoms with E-state index in [9.17, 15) is 8.42 Å². The number of hydrogen-bond acceptors (Lipinski definition) is 3. The second kappa shape index (κ2) is 5.44. The first-order valence-corrected chi connectivity index (χ1v) is 8.84. The van der Waals surface area contributed by atoms with Gasteiger partial charge in [0.05, 0.1) is 4.90 Å². The zero-order valence-electron chi connectivity index (χ0n) is 11.3. The van der Waals surface area contributed by atoms with Gasteiger partial charge in [0.2, 0.25) is 10.0 Å². The molecule has 0 spiro atoms. The van der Waals surface area contributed by atoms with Crippen molar-refractivity contribution in [3.05, 3.63) is 58.1 Å². The Balaban J connectivity index is 1.95. The van der Waals surface area contributed by atoms with Crippen molar-refractivity contribution in [2.75, 3.05) is 12.3 Å². The van der Waals surface area contributed by atoms with E-state index in [1.807, 2.05) is 18.2 Å². The Bertz CT molecular complexity index is 773. The number of nitrogens with zero attached hydrogens (tertiary/aromatic N) is 1. The summed E-state index contributed by atoms with van der Waals surface area (Å²) < 4.78 is 27.7. The summed E-state index contributed by atoms with van der Waals surface area (Å²) in [6.07, 6.45) is 0.691. The van der Waals surface area contributed by atoms with Crippen LogP contribution in [0.3, 0.4) is 0 Å². The number of hydrogen-bond donors (Lipinski definition) is 1. The normalized spacial score (nSPS) is 15.7. The van der Waals surface area contributed by atoms with Crippen molar-refractivity contribution in [2.45, 2.75) is 17.9 Å². The van der Waals surface area contributed by atoms with Crippen LogP contribution >= 0.6 is 15.9 Å². The van der Waals surface area contributed by atoms with Gasteiger partial charge in [0.1, 0.15) is 0 Å². The highest BCUT2D eigenvalue weighted by Crippen LogP contribution is 2.28. The largest absolute Gasteiger partial charge is 0.398 e. The molecule has 0 fully saturated rings. The number of nitrogens with two attached hydrogens (primary N) is 1. The molecule has 0 amide bonds. The molecule has 3 rings (SSSR count). The molecule has 6 heteroatoms. The van der Waals surface area contributed by atoms with E-state index in [2.05, 4.69) is 15.9 Å². The number of nitrogen functional groups attached to an aromatic ring is 1. The summed E-state index contributed by atoms with van der Waals surface area (Å²) in [7, 11) is -3.48. The van der Waals surface area contributed by atoms with E-state index in [4.69, 9.17) is 5.73 Å². The van der Waals surface area contributed by atoms with Crippen LogP contribution < -0.4 is 5.73 Å². The number of halogens is 1. The minimum atomic E-state index is -3.48. The van der Waals surface area contributed by atoms with Crippen LogP contribution in [0.2, 0.25) is 0 Å². The van der Waals surface area contributed by atoms with Crippen molar-refractivity contribution in [1.82, 2.24) is 4.31 Å². The summed E-state index contributed by atoms with van der Waals surface area (Å²) in [5.41, 5.74) is 8.69. The van der Waals surface area contributed by atoms with Crippen molar-refractivity contribution in [2.24, 2.45) is 0 Å². The molecule has 1 aliphatic rings. The molecule has 2 aromatic carbocycles. The van der Waals surface area contributed by atoms with Crippen molar-refractivity contribution in [1.29, 1.82) is 0 Å². The Morgan fingerprint density at radius 1 is 1.10 bits per heavy atom. The van der Waals surface area contributed by atoms with E-state index in [-0.39, 0.29) is 0 Å². The summed E-state index contributed by atoms with van der Waals surface area (Å²) in [4.78, 5) is 0.309. The number of sulfonamides is 1. The van der Waals surface area contributed by atoms with Crippen molar-refractivity contribution >= 4 is 31.6 Å². The molecule has 0 unspecified atom stereocenters. The molecule has 0 atom stereocenters. The molecule has 2 N–H and O–H groups in total. The molecular formula is C15H15BrN2O2S. The first-order chi connectivity index (χ1) is 9.98. The standard InChI is InChI=1S/C15H15BrN2O2S/c16-12-4-6-13(7-5-12)21(19,20)18-9-8-11-2-1-3-15(17)14(11)10-18/h1-7H,8-10,17H2. The highest BCUT2D eigenvalue weighted by molar-refractivity contribution is 9.10. The van der Waals surface area contributed by atoms with Gasteiger partial charge in [-0.3, -0.25) is 0 Å². The molecule has 0 saturated carbocycles. The number of fused-ring (bicyclic) bond motifs is 1. The third-order valence-corrected chi connectivity index (χ3v) is 6.11. The minimum absolute atomic E-state index is 0.309. The SMILES string of the molecule is Nc1cccc2c1CN(S(=O)(=O)c1ccc(Br)cc1)CC2. The number of anilines is 1. The van der Waals surface area contributed by atoms with Gasteiger partial charge in [0.15, 0.2) is 0 Å². The van der Waals surface area contributed by atoms with E-state index in [1.54, 1.807) is 24.3 Å². The van der Waals surface area contributed by atoms with E-state index >= 15 is 0 Å². The van der Waals surface area contributed by atoms with Crippen LogP contribution in [0, 0.1) is 0 Å². The Morgan fingerprint density at radius 3 is 2.52 bits per heavy atom. The summed E-state index contributed by atoms with van der Waals surface area (Å²) in [5, 5.41) is 0. The Hall–Kier alpha value is -1.37. The predicted octanol–water partition coefficient (Wildman–Crippen LogP) is 2.78. The summed E-state index contributed by atoms with van der Waals surface area (Å²) in [5.74, 6) is 0. The number of rotatable bonds is 2. The second-order valence-electron chi connectivity index (χ2n) is 5.03. The maximum atomic E-state index is 12.7. The Labute approximate surface area is 132 Å². The van der Waals surface area contributed by atoms with Gasteiger partial charge in [-0.05, 0) is 47.9 Å². The van der Waals surface area contributed by atoms with Gasteiger partial charge in [-0.2, -0.15) is 4.31 Å². The minimum Gasteiger partial charge on any atom is -0.398 e. The number of benzene rings is 2. The fourth-order valence-corrected chi connectivity index (χ4v) is 4.22. The van der Waals surface area contributed by atoms with Crippen LogP contribution in [0.15, 0.2) is 51.8 Å². The van der Waals surface area contributed by atoms with Gasteiger partial charge in [-0.1, -0.05) is 28.1 Å². The molecule has 110 valence electrons. The zero-order chi connectivity index (χ0) is 15.0. The average molecular weight is 367 g/mol. The molecule has 0 aliphatic carbocycles. The summed E-state index contributed by atoms with van der Waals surface area (Å²) >= 11 is 3.31. The summed E-state index contributed by atoms with van der Waals surface area (Å²) in [6, 6.07) is 12.4. The first kappa shape index (κ1) is 14.6. The molecule has 0 radical (unpaired) electrons. The average Bonchev–Trinajstić information content (AvgIpc) is 2.48. The fraction of sp³-hybridized carbons (Fsp3) is 0.200. The van der Waals surface area contributed by atoms with Crippen LogP contribution in [-0.4, -0.2) is 19.3 Å². The van der Waals surface area contributed by atoms with Crippen molar-refractivity contribution in [3.8, 4) is 0 Å². The molecule has 2 aromatic rings. The van der Waals surface area contributed by atoms with Crippen LogP contribution in [0.4, 0.5) is 5.69 Å². The highest BCUT2D eigenvalue weighted by atomic mass is 79.9. The predicted molar refractivity (Wildman–Crippen MR) is 86.3 cm³/mol. The summed E-state index contributed by atoms with van der Waals surface area (Å²) in [6.45, 7) is 0.815. The molecule has 0 saturated heterocycles. The topological polar surface area (TPSA) is 63.4 Å². The monoisotopic (exact) mass is 366 g/mol. The second-order valence-corrected chi connectivity index (χ2v) is 7.88. The van der Waals surface area contributed by atoms with E-state index in [0.29, 0.717) is 30.1 Å². The molecule has 21 heavy (non-hydrogen) atoms. The third-order valence-electron chi connectivity index (χ3n) is 3.73. The Kier molecular flexibility index (Phi) is 3.77. The van der Waals surface area contributed by atoms with E-state index in [1.165, 1.54) is 4.31 Å². The maximum absolute atomic E-state index is 12.7. The molecule has 1 heterocycles. The third kappa shape index (κ3) is 2.71. The van der Waals surface area contributed by atoms with Crippen LogP contribution in [0.1, 0.15) is 11.1 Å². The highest BCUT2D eigenvalue weighted by Gasteiger charge is 2.28. The first-order valence-electron chi connectivity index (χ1n) is 6.60. The quantitative estimate of drug-likeness (QED) is 0.831. The van der Waals surface area contributed by atoms with Crippen LogP contribution in [0.5, 0.6) is 0 Å². The molecule has 1 aliphatic heterocycles. The van der Waals surface area contributed by atoms with Gasteiger partial charge in [-0.25, -0.2) is 8.42 Å². The fourth-order valence-electron chi connectivity index (χ4n) is 2.54. The zero-order valence-corrected chi connectivity index (χ0v) is 13.7. The van der Waals surface area contributed by atoms with Gasteiger partial charge in [0, 0.05) is 23.2 Å². The lowest BCUT2D eigenvalue weighted by Gasteiger charge is -2.29. The van der Waals surface area contributed by atoms with Gasteiger partial charge >= 0.3 is 0 Å². The lowest BCUT2D eigenvalue weighted by atomic mass is 10.00. The van der Waals surface area contributed by atoms with Crippen molar-refractivity contribution < 1.29 is 8.42 Å². The van der Waals surface area contributed by atoms with Gasteiger partial charge in [-0.15, -0.1) is 0 Å². The lowest BCUT2D eigenvalue weighted by Crippen LogP contribution is -2.36. The smallest absolute Gasteiger partial charge is 0.243 e. The molecular weight excluding hydrogens is 352 g/mol. The van der Waals surface area contributed by atoms with E-state index < -0.39 is 10.0 Å². The van der Waals surface area contributed by atoms with Crippen LogP contribution in [0.25, 0.3) is 0 Å². The Morgan fingerprint density at radius 2 is 1.81 bits per heavy atom. The van der Waals surface area contributed by atoms with E-state index in [0.717, 1.165) is 15.6 Å². The lowest BCUT2D eigenvalue weighted by molar-refractivity contribution is 0.392. The van der Waals surface area contributed by atoms with Crippen molar-refractivity contribution in [3.63, 3.8) is 0 Å². The van der Waals surface area contributed by atoms with Gasteiger partial charge in [0.25, 0.3) is 0 Å². The van der Waals surface area contributed by atoms with Gasteiger partial charge < -0.3 is 5.73 Å². The molecule has 4 nitrogen and oxygen atoms in total. The molecule has 0 aromatic heterocycles.